The fourth-order valence-corrected chi connectivity index (χ4v) is 3.25. The number of carbonyl (C=O) groups is 3. The molecular formula is C22H32N2O5. The van der Waals surface area contributed by atoms with Gasteiger partial charge in [0.15, 0.2) is 0 Å². The molecule has 0 fully saturated rings. The third kappa shape index (κ3) is 5.71. The Kier molecular flexibility index (Phi) is 6.60. The van der Waals surface area contributed by atoms with Crippen molar-refractivity contribution in [3.05, 3.63) is 35.4 Å². The molecule has 0 aliphatic carbocycles. The fourth-order valence-electron chi connectivity index (χ4n) is 3.25. The molecular weight excluding hydrogens is 372 g/mol. The SMILES string of the molecule is COC(=O)[C@@H](NC(=O)[C@@H]1Cc2ccccc2CN1C(=O)OC(C)(C)C)C(C)(C)C. The molecule has 7 heteroatoms. The molecule has 2 rings (SSSR count). The first-order valence-electron chi connectivity index (χ1n) is 9.78. The van der Waals surface area contributed by atoms with E-state index in [0.717, 1.165) is 11.1 Å². The van der Waals surface area contributed by atoms with Gasteiger partial charge in [-0.15, -0.1) is 0 Å². The third-order valence-corrected chi connectivity index (χ3v) is 4.77. The number of fused-ring (bicyclic) bond motifs is 1. The zero-order valence-electron chi connectivity index (χ0n) is 18.4. The summed E-state index contributed by atoms with van der Waals surface area (Å²) in [6, 6.07) is 6.08. The topological polar surface area (TPSA) is 84.9 Å². The third-order valence-electron chi connectivity index (χ3n) is 4.77. The van der Waals surface area contributed by atoms with Crippen LogP contribution in [0.15, 0.2) is 24.3 Å². The zero-order valence-corrected chi connectivity index (χ0v) is 18.4. The van der Waals surface area contributed by atoms with Gasteiger partial charge in [0.05, 0.1) is 13.7 Å². The van der Waals surface area contributed by atoms with E-state index in [4.69, 9.17) is 9.47 Å². The Morgan fingerprint density at radius 2 is 1.66 bits per heavy atom. The molecule has 2 amide bonds. The number of hydrogen-bond donors (Lipinski definition) is 1. The first-order chi connectivity index (χ1) is 13.3. The monoisotopic (exact) mass is 404 g/mol. The smallest absolute Gasteiger partial charge is 0.411 e. The van der Waals surface area contributed by atoms with Gasteiger partial charge in [0.25, 0.3) is 0 Å². The molecule has 29 heavy (non-hydrogen) atoms. The van der Waals surface area contributed by atoms with Crippen molar-refractivity contribution >= 4 is 18.0 Å². The van der Waals surface area contributed by atoms with E-state index in [1.165, 1.54) is 12.0 Å². The number of esters is 1. The molecule has 0 saturated heterocycles. The minimum atomic E-state index is -0.836. The molecule has 1 aliphatic rings. The fraction of sp³-hybridized carbons (Fsp3) is 0.591. The molecule has 7 nitrogen and oxygen atoms in total. The van der Waals surface area contributed by atoms with Crippen molar-refractivity contribution in [2.45, 2.75) is 72.2 Å². The second-order valence-corrected chi connectivity index (χ2v) is 9.43. The summed E-state index contributed by atoms with van der Waals surface area (Å²) < 4.78 is 10.4. The minimum absolute atomic E-state index is 0.265. The highest BCUT2D eigenvalue weighted by Crippen LogP contribution is 2.27. The highest BCUT2D eigenvalue weighted by atomic mass is 16.6. The number of methoxy groups -OCH3 is 1. The molecule has 1 aromatic rings. The largest absolute Gasteiger partial charge is 0.467 e. The number of nitrogens with one attached hydrogen (secondary N) is 1. The minimum Gasteiger partial charge on any atom is -0.467 e. The van der Waals surface area contributed by atoms with Crippen LogP contribution in [0.2, 0.25) is 0 Å². The Labute approximate surface area is 172 Å². The Hall–Kier alpha value is -2.57. The Balaban J connectivity index is 2.33. The van der Waals surface area contributed by atoms with Crippen LogP contribution in [0.4, 0.5) is 4.79 Å². The summed E-state index contributed by atoms with van der Waals surface area (Å²) in [5, 5.41) is 2.79. The van der Waals surface area contributed by atoms with Crippen molar-refractivity contribution < 1.29 is 23.9 Å². The molecule has 0 unspecified atom stereocenters. The van der Waals surface area contributed by atoms with Gasteiger partial charge >= 0.3 is 12.1 Å². The Morgan fingerprint density at radius 3 is 2.17 bits per heavy atom. The maximum atomic E-state index is 13.2. The zero-order chi connectivity index (χ0) is 22.0. The molecule has 1 N–H and O–H groups in total. The van der Waals surface area contributed by atoms with Crippen LogP contribution in [-0.4, -0.2) is 47.7 Å². The number of carbonyl (C=O) groups excluding carboxylic acids is 3. The molecule has 1 aliphatic heterocycles. The van der Waals surface area contributed by atoms with Gasteiger partial charge in [0.2, 0.25) is 5.91 Å². The van der Waals surface area contributed by atoms with Crippen molar-refractivity contribution in [1.29, 1.82) is 0 Å². The summed E-state index contributed by atoms with van der Waals surface area (Å²) in [7, 11) is 1.29. The maximum Gasteiger partial charge on any atom is 0.411 e. The average Bonchev–Trinajstić information content (AvgIpc) is 2.61. The first-order valence-corrected chi connectivity index (χ1v) is 9.78. The quantitative estimate of drug-likeness (QED) is 0.783. The molecule has 0 radical (unpaired) electrons. The van der Waals surface area contributed by atoms with E-state index in [1.54, 1.807) is 20.8 Å². The lowest BCUT2D eigenvalue weighted by Crippen LogP contribution is -2.58. The van der Waals surface area contributed by atoms with Crippen molar-refractivity contribution in [1.82, 2.24) is 10.2 Å². The van der Waals surface area contributed by atoms with Crippen LogP contribution in [-0.2, 0) is 32.0 Å². The number of hydrogen-bond acceptors (Lipinski definition) is 5. The van der Waals surface area contributed by atoms with Gasteiger partial charge in [0.1, 0.15) is 17.7 Å². The van der Waals surface area contributed by atoms with Crippen LogP contribution in [0.25, 0.3) is 0 Å². The summed E-state index contributed by atoms with van der Waals surface area (Å²) in [6.07, 6.45) is -0.211. The molecule has 1 heterocycles. The van der Waals surface area contributed by atoms with Crippen molar-refractivity contribution in [2.24, 2.45) is 5.41 Å². The lowest BCUT2D eigenvalue weighted by molar-refractivity contribution is -0.149. The van der Waals surface area contributed by atoms with Crippen LogP contribution in [0, 0.1) is 5.41 Å². The molecule has 0 bridgehead atoms. The summed E-state index contributed by atoms with van der Waals surface area (Å²) in [6.45, 7) is 11.1. The Morgan fingerprint density at radius 1 is 1.07 bits per heavy atom. The van der Waals surface area contributed by atoms with Crippen molar-refractivity contribution in [3.63, 3.8) is 0 Å². The molecule has 1 aromatic carbocycles. The number of benzene rings is 1. The predicted octanol–water partition coefficient (Wildman–Crippen LogP) is 3.05. The summed E-state index contributed by atoms with van der Waals surface area (Å²) in [4.78, 5) is 39.7. The highest BCUT2D eigenvalue weighted by Gasteiger charge is 2.40. The normalized spacial score (nSPS) is 17.8. The highest BCUT2D eigenvalue weighted by molar-refractivity contribution is 5.90. The molecule has 0 saturated carbocycles. The van der Waals surface area contributed by atoms with E-state index >= 15 is 0 Å². The van der Waals surface area contributed by atoms with E-state index in [2.05, 4.69) is 5.32 Å². The second-order valence-electron chi connectivity index (χ2n) is 9.43. The summed E-state index contributed by atoms with van der Waals surface area (Å²) >= 11 is 0. The summed E-state index contributed by atoms with van der Waals surface area (Å²) in [5.74, 6) is -0.929. The van der Waals surface area contributed by atoms with Crippen LogP contribution >= 0.6 is 0 Å². The molecule has 160 valence electrons. The van der Waals surface area contributed by atoms with Gasteiger partial charge in [-0.2, -0.15) is 0 Å². The molecule has 0 aromatic heterocycles. The van der Waals surface area contributed by atoms with Gasteiger partial charge in [-0.05, 0) is 37.3 Å². The number of amides is 2. The summed E-state index contributed by atoms with van der Waals surface area (Å²) in [5.41, 5.74) is 0.738. The van der Waals surface area contributed by atoms with Crippen LogP contribution in [0.5, 0.6) is 0 Å². The van der Waals surface area contributed by atoms with E-state index in [1.807, 2.05) is 45.0 Å². The number of rotatable bonds is 3. The first kappa shape index (κ1) is 22.7. The lowest BCUT2D eigenvalue weighted by atomic mass is 9.86. The van der Waals surface area contributed by atoms with E-state index in [-0.39, 0.29) is 6.54 Å². The van der Waals surface area contributed by atoms with Gasteiger partial charge in [-0.1, -0.05) is 45.0 Å². The number of nitrogens with zero attached hydrogens (tertiary/aromatic N) is 1. The van der Waals surface area contributed by atoms with Crippen LogP contribution in [0.3, 0.4) is 0 Å². The van der Waals surface area contributed by atoms with Crippen molar-refractivity contribution in [2.75, 3.05) is 7.11 Å². The molecule has 2 atom stereocenters. The van der Waals surface area contributed by atoms with Gasteiger partial charge in [0, 0.05) is 6.42 Å². The molecule has 0 spiro atoms. The van der Waals surface area contributed by atoms with E-state index < -0.39 is 41.1 Å². The van der Waals surface area contributed by atoms with Gasteiger partial charge < -0.3 is 14.8 Å². The van der Waals surface area contributed by atoms with Crippen LogP contribution < -0.4 is 5.32 Å². The lowest BCUT2D eigenvalue weighted by Gasteiger charge is -2.38. The number of ether oxygens (including phenoxy) is 2. The average molecular weight is 405 g/mol. The van der Waals surface area contributed by atoms with E-state index in [0.29, 0.717) is 6.42 Å². The standard InChI is InChI=1S/C22H32N2O5/c1-21(2,3)17(19(26)28-7)23-18(25)16-12-14-10-8-9-11-15(14)13-24(16)20(27)29-22(4,5)6/h8-11,16-17H,12-13H2,1-7H3,(H,23,25)/t16-,17+/m0/s1. The Bertz CT molecular complexity index is 776. The van der Waals surface area contributed by atoms with Crippen LogP contribution in [0.1, 0.15) is 52.7 Å². The van der Waals surface area contributed by atoms with Crippen molar-refractivity contribution in [3.8, 4) is 0 Å². The predicted molar refractivity (Wildman–Crippen MR) is 109 cm³/mol. The second kappa shape index (κ2) is 8.43. The van der Waals surface area contributed by atoms with Gasteiger partial charge in [-0.3, -0.25) is 9.69 Å². The maximum absolute atomic E-state index is 13.2. The van der Waals surface area contributed by atoms with Gasteiger partial charge in [-0.25, -0.2) is 9.59 Å². The van der Waals surface area contributed by atoms with E-state index in [9.17, 15) is 14.4 Å².